The van der Waals surface area contributed by atoms with Crippen molar-refractivity contribution in [3.8, 4) is 0 Å². The van der Waals surface area contributed by atoms with Gasteiger partial charge < -0.3 is 15.3 Å². The maximum atomic E-state index is 13.0. The van der Waals surface area contributed by atoms with Crippen molar-refractivity contribution in [3.05, 3.63) is 35.6 Å². The maximum Gasteiger partial charge on any atom is 0.222 e. The number of nitrogens with zero attached hydrogens (tertiary/aromatic N) is 1. The molecule has 0 aromatic heterocycles. The van der Waals surface area contributed by atoms with E-state index in [1.54, 1.807) is 12.1 Å². The van der Waals surface area contributed by atoms with Gasteiger partial charge in [-0.15, -0.1) is 12.4 Å². The summed E-state index contributed by atoms with van der Waals surface area (Å²) >= 11 is 0. The number of aliphatic hydroxyl groups excluding tert-OH is 1. The van der Waals surface area contributed by atoms with Crippen molar-refractivity contribution >= 4 is 18.3 Å². The summed E-state index contributed by atoms with van der Waals surface area (Å²) < 4.78 is 13.0. The van der Waals surface area contributed by atoms with Gasteiger partial charge in [0.15, 0.2) is 0 Å². The first kappa shape index (κ1) is 20.1. The van der Waals surface area contributed by atoms with E-state index < -0.39 is 6.10 Å². The van der Waals surface area contributed by atoms with Gasteiger partial charge in [-0.3, -0.25) is 4.79 Å². The van der Waals surface area contributed by atoms with Crippen molar-refractivity contribution < 1.29 is 14.3 Å². The number of carbonyl (C=O) groups is 1. The number of benzene rings is 1. The number of hydrogen-bond donors (Lipinski definition) is 2. The lowest BCUT2D eigenvalue weighted by molar-refractivity contribution is -0.134. The molecule has 2 aliphatic rings. The topological polar surface area (TPSA) is 52.6 Å². The molecule has 2 saturated heterocycles. The number of piperidine rings is 2. The molecule has 6 heteroatoms. The minimum absolute atomic E-state index is 0. The molecule has 2 fully saturated rings. The smallest absolute Gasteiger partial charge is 0.222 e. The van der Waals surface area contributed by atoms with Gasteiger partial charge in [0.2, 0.25) is 5.91 Å². The van der Waals surface area contributed by atoms with Crippen LogP contribution in [-0.2, 0) is 4.79 Å². The largest absolute Gasteiger partial charge is 0.388 e. The first-order chi connectivity index (χ1) is 11.6. The zero-order valence-electron chi connectivity index (χ0n) is 14.5. The Labute approximate surface area is 155 Å². The van der Waals surface area contributed by atoms with Crippen LogP contribution in [0.15, 0.2) is 24.3 Å². The molecular formula is C19H28ClFN2O2. The Morgan fingerprint density at radius 3 is 2.36 bits per heavy atom. The SMILES string of the molecule is Cl.O=C(CC1CCNCC1)N1CCC(C(O)c2ccc(F)cc2)CC1. The second kappa shape index (κ2) is 9.51. The molecule has 2 aliphatic heterocycles. The standard InChI is InChI=1S/C19H27FN2O2.ClH/c20-17-3-1-15(2-4-17)19(24)16-7-11-22(12-8-16)18(23)13-14-5-9-21-10-6-14;/h1-4,14,16,19,21,24H,5-13H2;1H. The van der Waals surface area contributed by atoms with Gasteiger partial charge in [-0.25, -0.2) is 4.39 Å². The summed E-state index contributed by atoms with van der Waals surface area (Å²) in [4.78, 5) is 14.4. The second-order valence-corrected chi connectivity index (χ2v) is 7.11. The van der Waals surface area contributed by atoms with Crippen LogP contribution in [0.2, 0.25) is 0 Å². The van der Waals surface area contributed by atoms with Gasteiger partial charge in [0.25, 0.3) is 0 Å². The molecule has 140 valence electrons. The lowest BCUT2D eigenvalue weighted by Gasteiger charge is -2.35. The normalized spacial score (nSPS) is 20.8. The first-order valence-electron chi connectivity index (χ1n) is 9.05. The number of likely N-dealkylation sites (tertiary alicyclic amines) is 1. The molecular weight excluding hydrogens is 343 g/mol. The highest BCUT2D eigenvalue weighted by Gasteiger charge is 2.29. The number of rotatable bonds is 4. The van der Waals surface area contributed by atoms with E-state index in [1.807, 2.05) is 4.90 Å². The van der Waals surface area contributed by atoms with Gasteiger partial charge >= 0.3 is 0 Å². The van der Waals surface area contributed by atoms with Crippen LogP contribution in [0.1, 0.15) is 43.8 Å². The van der Waals surface area contributed by atoms with Gasteiger partial charge in [-0.1, -0.05) is 12.1 Å². The molecule has 0 spiro atoms. The fourth-order valence-electron chi connectivity index (χ4n) is 3.86. The Kier molecular flexibility index (Phi) is 7.66. The third-order valence-electron chi connectivity index (χ3n) is 5.47. The molecule has 4 nitrogen and oxygen atoms in total. The van der Waals surface area contributed by atoms with E-state index in [-0.39, 0.29) is 30.0 Å². The molecule has 0 saturated carbocycles. The molecule has 3 rings (SSSR count). The van der Waals surface area contributed by atoms with E-state index in [9.17, 15) is 14.3 Å². The summed E-state index contributed by atoms with van der Waals surface area (Å²) in [7, 11) is 0. The molecule has 0 aliphatic carbocycles. The molecule has 0 radical (unpaired) electrons. The van der Waals surface area contributed by atoms with E-state index >= 15 is 0 Å². The van der Waals surface area contributed by atoms with E-state index in [0.717, 1.165) is 44.3 Å². The average molecular weight is 371 g/mol. The van der Waals surface area contributed by atoms with Gasteiger partial charge in [-0.2, -0.15) is 0 Å². The zero-order valence-corrected chi connectivity index (χ0v) is 15.3. The van der Waals surface area contributed by atoms with Crippen molar-refractivity contribution in [3.63, 3.8) is 0 Å². The van der Waals surface area contributed by atoms with Crippen LogP contribution in [0.3, 0.4) is 0 Å². The summed E-state index contributed by atoms with van der Waals surface area (Å²) in [5, 5.41) is 13.8. The number of carbonyl (C=O) groups excluding carboxylic acids is 1. The average Bonchev–Trinajstić information content (AvgIpc) is 2.63. The van der Waals surface area contributed by atoms with Crippen LogP contribution >= 0.6 is 12.4 Å². The van der Waals surface area contributed by atoms with Crippen LogP contribution in [0, 0.1) is 17.7 Å². The molecule has 1 unspecified atom stereocenters. The molecule has 0 bridgehead atoms. The van der Waals surface area contributed by atoms with Gasteiger partial charge in [0.1, 0.15) is 5.82 Å². The molecule has 1 amide bonds. The highest BCUT2D eigenvalue weighted by molar-refractivity contribution is 5.85. The Morgan fingerprint density at radius 1 is 1.16 bits per heavy atom. The third-order valence-corrected chi connectivity index (χ3v) is 5.47. The van der Waals surface area contributed by atoms with Crippen molar-refractivity contribution in [2.75, 3.05) is 26.2 Å². The van der Waals surface area contributed by atoms with Crippen LogP contribution in [-0.4, -0.2) is 42.1 Å². The quantitative estimate of drug-likeness (QED) is 0.856. The Balaban J connectivity index is 0.00000225. The fraction of sp³-hybridized carbons (Fsp3) is 0.632. The monoisotopic (exact) mass is 370 g/mol. The number of aliphatic hydroxyl groups is 1. The van der Waals surface area contributed by atoms with Gasteiger partial charge in [-0.05, 0) is 68.3 Å². The van der Waals surface area contributed by atoms with Crippen LogP contribution in [0.5, 0.6) is 0 Å². The van der Waals surface area contributed by atoms with Crippen molar-refractivity contribution in [2.45, 2.75) is 38.2 Å². The molecule has 2 N–H and O–H groups in total. The first-order valence-corrected chi connectivity index (χ1v) is 9.05. The summed E-state index contributed by atoms with van der Waals surface area (Å²) in [6.45, 7) is 3.47. The Bertz CT molecular complexity index is 541. The number of hydrogen-bond acceptors (Lipinski definition) is 3. The summed E-state index contributed by atoms with van der Waals surface area (Å²) in [6.07, 6.45) is 3.86. The maximum absolute atomic E-state index is 13.0. The van der Waals surface area contributed by atoms with E-state index in [1.165, 1.54) is 12.1 Å². The Hall–Kier alpha value is -1.17. The van der Waals surface area contributed by atoms with Crippen molar-refractivity contribution in [1.82, 2.24) is 10.2 Å². The molecule has 25 heavy (non-hydrogen) atoms. The van der Waals surface area contributed by atoms with Crippen molar-refractivity contribution in [1.29, 1.82) is 0 Å². The zero-order chi connectivity index (χ0) is 16.9. The molecule has 1 aromatic carbocycles. The highest BCUT2D eigenvalue weighted by Crippen LogP contribution is 2.31. The predicted molar refractivity (Wildman–Crippen MR) is 98.1 cm³/mol. The Morgan fingerprint density at radius 2 is 1.76 bits per heavy atom. The number of amides is 1. The lowest BCUT2D eigenvalue weighted by atomic mass is 9.87. The number of halogens is 2. The summed E-state index contributed by atoms with van der Waals surface area (Å²) in [5.41, 5.74) is 0.760. The van der Waals surface area contributed by atoms with Crippen LogP contribution in [0.4, 0.5) is 4.39 Å². The molecule has 1 aromatic rings. The van der Waals surface area contributed by atoms with Crippen molar-refractivity contribution in [2.24, 2.45) is 11.8 Å². The molecule has 1 atom stereocenters. The fourth-order valence-corrected chi connectivity index (χ4v) is 3.86. The summed E-state index contributed by atoms with van der Waals surface area (Å²) in [6, 6.07) is 6.07. The van der Waals surface area contributed by atoms with Crippen LogP contribution < -0.4 is 5.32 Å². The minimum atomic E-state index is -0.577. The third kappa shape index (κ3) is 5.40. The van der Waals surface area contributed by atoms with Gasteiger partial charge in [0.05, 0.1) is 6.10 Å². The predicted octanol–water partition coefficient (Wildman–Crippen LogP) is 2.91. The highest BCUT2D eigenvalue weighted by atomic mass is 35.5. The lowest BCUT2D eigenvalue weighted by Crippen LogP contribution is -2.41. The van der Waals surface area contributed by atoms with E-state index in [2.05, 4.69) is 5.32 Å². The van der Waals surface area contributed by atoms with Crippen LogP contribution in [0.25, 0.3) is 0 Å². The number of nitrogens with one attached hydrogen (secondary N) is 1. The summed E-state index contributed by atoms with van der Waals surface area (Å²) in [5.74, 6) is 0.626. The second-order valence-electron chi connectivity index (χ2n) is 7.11. The molecule has 2 heterocycles. The van der Waals surface area contributed by atoms with E-state index in [4.69, 9.17) is 0 Å². The van der Waals surface area contributed by atoms with Gasteiger partial charge in [0, 0.05) is 19.5 Å². The van der Waals surface area contributed by atoms with E-state index in [0.29, 0.717) is 25.4 Å². The minimum Gasteiger partial charge on any atom is -0.388 e.